The lowest BCUT2D eigenvalue weighted by molar-refractivity contribution is 0.206. The molecule has 0 spiro atoms. The monoisotopic (exact) mass is 352 g/mol. The second-order valence-electron chi connectivity index (χ2n) is 6.93. The fourth-order valence-electron chi connectivity index (χ4n) is 3.36. The van der Waals surface area contributed by atoms with Gasteiger partial charge in [0.25, 0.3) is 0 Å². The molecular weight excluding hydrogens is 328 g/mol. The lowest BCUT2D eigenvalue weighted by atomic mass is 10.2. The lowest BCUT2D eigenvalue weighted by Gasteiger charge is -2.26. The highest BCUT2D eigenvalue weighted by Crippen LogP contribution is 2.29. The molecule has 0 amide bonds. The third kappa shape index (κ3) is 3.84. The molecule has 1 aliphatic rings. The summed E-state index contributed by atoms with van der Waals surface area (Å²) in [4.78, 5) is 7.48. The van der Waals surface area contributed by atoms with Crippen LogP contribution in [0.3, 0.4) is 0 Å². The van der Waals surface area contributed by atoms with Gasteiger partial charge in [0, 0.05) is 35.9 Å². The third-order valence-corrected chi connectivity index (χ3v) is 5.62. The Morgan fingerprint density at radius 3 is 2.72 bits per heavy atom. The minimum Gasteiger partial charge on any atom is -0.304 e. The number of thiophene rings is 1. The zero-order chi connectivity index (χ0) is 17.2. The molecule has 130 valence electrons. The van der Waals surface area contributed by atoms with Crippen molar-refractivity contribution in [2.75, 3.05) is 20.6 Å². The SMILES string of the molecule is CN(C)Cc1cc2n(n1)CCN(Cc1ccc(-c3ccccc3)s1)C2. The van der Waals surface area contributed by atoms with E-state index in [0.29, 0.717) is 0 Å². The zero-order valence-electron chi connectivity index (χ0n) is 14.9. The van der Waals surface area contributed by atoms with Crippen LogP contribution in [0.1, 0.15) is 16.3 Å². The molecule has 1 aliphatic heterocycles. The summed E-state index contributed by atoms with van der Waals surface area (Å²) >= 11 is 1.90. The fourth-order valence-corrected chi connectivity index (χ4v) is 4.41. The first kappa shape index (κ1) is 16.5. The second-order valence-corrected chi connectivity index (χ2v) is 8.10. The van der Waals surface area contributed by atoms with Crippen LogP contribution >= 0.6 is 11.3 Å². The predicted octanol–water partition coefficient (Wildman–Crippen LogP) is 3.69. The van der Waals surface area contributed by atoms with Crippen LogP contribution in [0.25, 0.3) is 10.4 Å². The van der Waals surface area contributed by atoms with Gasteiger partial charge in [0.05, 0.1) is 17.9 Å². The van der Waals surface area contributed by atoms with Crippen molar-refractivity contribution in [3.63, 3.8) is 0 Å². The van der Waals surface area contributed by atoms with Crippen molar-refractivity contribution in [3.05, 3.63) is 64.8 Å². The van der Waals surface area contributed by atoms with Crippen LogP contribution in [0.5, 0.6) is 0 Å². The maximum Gasteiger partial charge on any atom is 0.0767 e. The van der Waals surface area contributed by atoms with Gasteiger partial charge < -0.3 is 4.90 Å². The largest absolute Gasteiger partial charge is 0.304 e. The molecule has 0 saturated carbocycles. The maximum absolute atomic E-state index is 4.73. The van der Waals surface area contributed by atoms with Crippen LogP contribution in [-0.2, 0) is 26.2 Å². The smallest absolute Gasteiger partial charge is 0.0767 e. The molecule has 0 unspecified atom stereocenters. The van der Waals surface area contributed by atoms with E-state index in [1.165, 1.54) is 26.7 Å². The molecular formula is C20H24N4S. The van der Waals surface area contributed by atoms with Crippen molar-refractivity contribution in [2.45, 2.75) is 26.2 Å². The highest BCUT2D eigenvalue weighted by Gasteiger charge is 2.19. The Morgan fingerprint density at radius 1 is 1.08 bits per heavy atom. The van der Waals surface area contributed by atoms with Crippen LogP contribution in [0, 0.1) is 0 Å². The molecule has 0 saturated heterocycles. The van der Waals surface area contributed by atoms with Crippen molar-refractivity contribution in [1.29, 1.82) is 0 Å². The molecule has 3 aromatic rings. The van der Waals surface area contributed by atoms with Gasteiger partial charge in [-0.3, -0.25) is 9.58 Å². The van der Waals surface area contributed by atoms with E-state index in [0.717, 1.165) is 32.7 Å². The minimum absolute atomic E-state index is 0.908. The fraction of sp³-hybridized carbons (Fsp3) is 0.350. The number of hydrogen-bond donors (Lipinski definition) is 0. The summed E-state index contributed by atoms with van der Waals surface area (Å²) < 4.78 is 2.18. The molecule has 5 heteroatoms. The Hall–Kier alpha value is -1.95. The standard InChI is InChI=1S/C20H24N4S/c1-22(2)13-17-12-18-14-23(10-11-24(18)21-17)15-19-8-9-20(25-19)16-6-4-3-5-7-16/h3-9,12H,10-11,13-15H2,1-2H3. The number of benzene rings is 1. The van der Waals surface area contributed by atoms with Gasteiger partial charge in [0.15, 0.2) is 0 Å². The summed E-state index contributed by atoms with van der Waals surface area (Å²) in [5.74, 6) is 0. The quantitative estimate of drug-likeness (QED) is 0.700. The maximum atomic E-state index is 4.73. The van der Waals surface area contributed by atoms with Crippen LogP contribution < -0.4 is 0 Å². The van der Waals surface area contributed by atoms with Gasteiger partial charge in [-0.05, 0) is 37.9 Å². The topological polar surface area (TPSA) is 24.3 Å². The number of rotatable bonds is 5. The van der Waals surface area contributed by atoms with E-state index >= 15 is 0 Å². The number of nitrogens with zero attached hydrogens (tertiary/aromatic N) is 4. The molecule has 1 aromatic carbocycles. The Kier molecular flexibility index (Phi) is 4.70. The Bertz CT molecular complexity index is 835. The number of aromatic nitrogens is 2. The normalized spacial score (nSPS) is 14.8. The summed E-state index contributed by atoms with van der Waals surface area (Å²) in [7, 11) is 4.18. The summed E-state index contributed by atoms with van der Waals surface area (Å²) in [6.45, 7) is 4.96. The first-order valence-electron chi connectivity index (χ1n) is 8.74. The van der Waals surface area contributed by atoms with E-state index in [2.05, 4.69) is 77.1 Å². The van der Waals surface area contributed by atoms with Crippen molar-refractivity contribution < 1.29 is 0 Å². The highest BCUT2D eigenvalue weighted by molar-refractivity contribution is 7.15. The average molecular weight is 353 g/mol. The van der Waals surface area contributed by atoms with Crippen molar-refractivity contribution >= 4 is 11.3 Å². The van der Waals surface area contributed by atoms with Gasteiger partial charge in [0.2, 0.25) is 0 Å². The summed E-state index contributed by atoms with van der Waals surface area (Å²) in [6, 6.07) is 17.4. The van der Waals surface area contributed by atoms with E-state index in [4.69, 9.17) is 5.10 Å². The molecule has 0 radical (unpaired) electrons. The van der Waals surface area contributed by atoms with Gasteiger partial charge in [0.1, 0.15) is 0 Å². The lowest BCUT2D eigenvalue weighted by Crippen LogP contribution is -2.33. The van der Waals surface area contributed by atoms with Gasteiger partial charge in [-0.25, -0.2) is 0 Å². The molecule has 0 aliphatic carbocycles. The van der Waals surface area contributed by atoms with Crippen LogP contribution in [0.15, 0.2) is 48.5 Å². The van der Waals surface area contributed by atoms with Crippen LogP contribution in [-0.4, -0.2) is 40.2 Å². The Morgan fingerprint density at radius 2 is 1.92 bits per heavy atom. The van der Waals surface area contributed by atoms with Gasteiger partial charge >= 0.3 is 0 Å². The Labute approximate surface area is 153 Å². The number of fused-ring (bicyclic) bond motifs is 1. The molecule has 0 fully saturated rings. The Balaban J connectivity index is 1.43. The van der Waals surface area contributed by atoms with Gasteiger partial charge in [-0.15, -0.1) is 11.3 Å². The number of hydrogen-bond acceptors (Lipinski definition) is 4. The van der Waals surface area contributed by atoms with E-state index in [1.54, 1.807) is 0 Å². The van der Waals surface area contributed by atoms with E-state index in [1.807, 2.05) is 11.3 Å². The van der Waals surface area contributed by atoms with Crippen molar-refractivity contribution in [1.82, 2.24) is 19.6 Å². The molecule has 3 heterocycles. The molecule has 0 bridgehead atoms. The predicted molar refractivity (Wildman–Crippen MR) is 103 cm³/mol. The van der Waals surface area contributed by atoms with E-state index in [9.17, 15) is 0 Å². The average Bonchev–Trinajstić information content (AvgIpc) is 3.21. The second kappa shape index (κ2) is 7.12. The van der Waals surface area contributed by atoms with Crippen molar-refractivity contribution in [3.8, 4) is 10.4 Å². The highest BCUT2D eigenvalue weighted by atomic mass is 32.1. The molecule has 2 aromatic heterocycles. The summed E-state index contributed by atoms with van der Waals surface area (Å²) in [5.41, 5.74) is 3.82. The molecule has 0 atom stereocenters. The van der Waals surface area contributed by atoms with E-state index in [-0.39, 0.29) is 0 Å². The van der Waals surface area contributed by atoms with E-state index < -0.39 is 0 Å². The van der Waals surface area contributed by atoms with Gasteiger partial charge in [-0.2, -0.15) is 5.10 Å². The van der Waals surface area contributed by atoms with Crippen LogP contribution in [0.4, 0.5) is 0 Å². The molecule has 4 nitrogen and oxygen atoms in total. The third-order valence-electron chi connectivity index (χ3n) is 4.51. The summed E-state index contributed by atoms with van der Waals surface area (Å²) in [6.07, 6.45) is 0. The summed E-state index contributed by atoms with van der Waals surface area (Å²) in [5, 5.41) is 4.73. The van der Waals surface area contributed by atoms with Gasteiger partial charge in [-0.1, -0.05) is 30.3 Å². The molecule has 0 N–H and O–H groups in total. The first-order valence-corrected chi connectivity index (χ1v) is 9.56. The zero-order valence-corrected chi connectivity index (χ0v) is 15.7. The first-order chi connectivity index (χ1) is 12.2. The molecule has 25 heavy (non-hydrogen) atoms. The molecule has 4 rings (SSSR count). The minimum atomic E-state index is 0.908. The van der Waals surface area contributed by atoms with Crippen molar-refractivity contribution in [2.24, 2.45) is 0 Å². The van der Waals surface area contributed by atoms with Crippen LogP contribution in [0.2, 0.25) is 0 Å².